The quantitative estimate of drug-likeness (QED) is 0.388. The van der Waals surface area contributed by atoms with Crippen molar-refractivity contribution in [3.63, 3.8) is 0 Å². The number of esters is 1. The molecule has 0 saturated carbocycles. The number of carbonyl (C=O) groups is 4. The minimum absolute atomic E-state index is 0.0517. The van der Waals surface area contributed by atoms with Crippen LogP contribution in [0, 0.1) is 5.92 Å². The Morgan fingerprint density at radius 2 is 1.31 bits per heavy atom. The van der Waals surface area contributed by atoms with E-state index in [-0.39, 0.29) is 18.9 Å². The van der Waals surface area contributed by atoms with E-state index in [2.05, 4.69) is 20.7 Å². The molecule has 0 saturated heterocycles. The maximum Gasteiger partial charge on any atom is 0.408 e. The molecule has 0 radical (unpaired) electrons. The van der Waals surface area contributed by atoms with Crippen molar-refractivity contribution in [1.82, 2.24) is 16.0 Å². The average molecular weight is 498 g/mol. The zero-order chi connectivity index (χ0) is 26.5. The second-order valence-electron chi connectivity index (χ2n) is 8.89. The highest BCUT2D eigenvalue weighted by Crippen LogP contribution is 2.09. The maximum absolute atomic E-state index is 13.3. The lowest BCUT2D eigenvalue weighted by Gasteiger charge is -2.25. The van der Waals surface area contributed by atoms with E-state index in [1.807, 2.05) is 74.5 Å². The third-order valence-electron chi connectivity index (χ3n) is 5.36. The molecule has 9 nitrogen and oxygen atoms in total. The molecular formula is C27H35N3O6. The van der Waals surface area contributed by atoms with Gasteiger partial charge in [-0.05, 0) is 30.4 Å². The number of ether oxygens (including phenoxy) is 2. The van der Waals surface area contributed by atoms with Crippen LogP contribution in [0.1, 0.15) is 38.3 Å². The normalized spacial score (nSPS) is 13.1. The summed E-state index contributed by atoms with van der Waals surface area (Å²) in [5.41, 5.74) is 1.63. The predicted octanol–water partition coefficient (Wildman–Crippen LogP) is 2.73. The lowest BCUT2D eigenvalue weighted by Crippen LogP contribution is -2.56. The van der Waals surface area contributed by atoms with Gasteiger partial charge >= 0.3 is 12.1 Å². The van der Waals surface area contributed by atoms with Crippen LogP contribution in [-0.4, -0.2) is 49.1 Å². The van der Waals surface area contributed by atoms with Crippen molar-refractivity contribution in [3.05, 3.63) is 71.8 Å². The Hall–Kier alpha value is -3.88. The van der Waals surface area contributed by atoms with Gasteiger partial charge in [-0.2, -0.15) is 0 Å². The standard InChI is InChI=1S/C27H35N3O6/c1-18(2)15-22(24(31)28-19(3)26(33)35-4)29-25(32)23(16-20-11-7-5-8-12-20)30-27(34)36-17-21-13-9-6-10-14-21/h5-14,18-19,22-23H,15-17H2,1-4H3,(H,28,31)(H,29,32)(H,30,34)/t19-,22-,23-/m0/s1. The van der Waals surface area contributed by atoms with Crippen LogP contribution in [0.5, 0.6) is 0 Å². The lowest BCUT2D eigenvalue weighted by atomic mass is 10.0. The number of alkyl carbamates (subject to hydrolysis) is 1. The summed E-state index contributed by atoms with van der Waals surface area (Å²) in [6.45, 7) is 5.38. The molecule has 0 aliphatic heterocycles. The average Bonchev–Trinajstić information content (AvgIpc) is 2.87. The van der Waals surface area contributed by atoms with E-state index in [1.165, 1.54) is 14.0 Å². The first kappa shape index (κ1) is 28.4. The molecule has 0 aliphatic rings. The lowest BCUT2D eigenvalue weighted by molar-refractivity contribution is -0.144. The first-order valence-electron chi connectivity index (χ1n) is 11.9. The number of benzene rings is 2. The summed E-state index contributed by atoms with van der Waals surface area (Å²) in [5, 5.41) is 7.93. The van der Waals surface area contributed by atoms with E-state index in [4.69, 9.17) is 4.74 Å². The number of amides is 3. The van der Waals surface area contributed by atoms with Gasteiger partial charge in [0.25, 0.3) is 0 Å². The predicted molar refractivity (Wildman–Crippen MR) is 135 cm³/mol. The minimum atomic E-state index is -0.990. The number of nitrogens with one attached hydrogen (secondary N) is 3. The van der Waals surface area contributed by atoms with Crippen LogP contribution in [0.4, 0.5) is 4.79 Å². The van der Waals surface area contributed by atoms with Gasteiger partial charge in [0.2, 0.25) is 11.8 Å². The van der Waals surface area contributed by atoms with E-state index in [9.17, 15) is 19.2 Å². The smallest absolute Gasteiger partial charge is 0.408 e. The van der Waals surface area contributed by atoms with Crippen LogP contribution >= 0.6 is 0 Å². The molecule has 0 heterocycles. The first-order valence-corrected chi connectivity index (χ1v) is 11.9. The minimum Gasteiger partial charge on any atom is -0.467 e. The number of hydrogen-bond acceptors (Lipinski definition) is 6. The Balaban J connectivity index is 2.12. The summed E-state index contributed by atoms with van der Waals surface area (Å²) in [4.78, 5) is 50.4. The van der Waals surface area contributed by atoms with Crippen LogP contribution in [0.15, 0.2) is 60.7 Å². The molecule has 0 spiro atoms. The Bertz CT molecular complexity index is 997. The molecule has 0 aromatic heterocycles. The summed E-state index contributed by atoms with van der Waals surface area (Å²) >= 11 is 0. The van der Waals surface area contributed by atoms with E-state index in [0.717, 1.165) is 11.1 Å². The van der Waals surface area contributed by atoms with Crippen molar-refractivity contribution in [1.29, 1.82) is 0 Å². The molecule has 2 aromatic rings. The van der Waals surface area contributed by atoms with Gasteiger partial charge < -0.3 is 25.4 Å². The molecule has 36 heavy (non-hydrogen) atoms. The van der Waals surface area contributed by atoms with Gasteiger partial charge in [0, 0.05) is 6.42 Å². The SMILES string of the molecule is COC(=O)[C@H](C)NC(=O)[C@H](CC(C)C)NC(=O)[C@H](Cc1ccccc1)NC(=O)OCc1ccccc1. The van der Waals surface area contributed by atoms with Gasteiger partial charge in [0.1, 0.15) is 24.7 Å². The summed E-state index contributed by atoms with van der Waals surface area (Å²) in [6, 6.07) is 15.6. The highest BCUT2D eigenvalue weighted by atomic mass is 16.5. The number of rotatable bonds is 12. The van der Waals surface area contributed by atoms with Gasteiger partial charge in [0.05, 0.1) is 7.11 Å². The Morgan fingerprint density at radius 1 is 0.750 bits per heavy atom. The Morgan fingerprint density at radius 3 is 1.86 bits per heavy atom. The van der Waals surface area contributed by atoms with Gasteiger partial charge in [-0.15, -0.1) is 0 Å². The molecular weight excluding hydrogens is 462 g/mol. The molecule has 3 amide bonds. The number of carbonyl (C=O) groups excluding carboxylic acids is 4. The molecule has 2 aromatic carbocycles. The largest absolute Gasteiger partial charge is 0.467 e. The van der Waals surface area contributed by atoms with Crippen LogP contribution in [0.3, 0.4) is 0 Å². The van der Waals surface area contributed by atoms with E-state index >= 15 is 0 Å². The molecule has 0 fully saturated rings. The first-order chi connectivity index (χ1) is 17.2. The molecule has 0 aliphatic carbocycles. The summed E-state index contributed by atoms with van der Waals surface area (Å²) in [5.74, 6) is -1.57. The third kappa shape index (κ3) is 9.77. The van der Waals surface area contributed by atoms with Gasteiger partial charge in [-0.3, -0.25) is 9.59 Å². The third-order valence-corrected chi connectivity index (χ3v) is 5.36. The summed E-state index contributed by atoms with van der Waals surface area (Å²) < 4.78 is 9.95. The topological polar surface area (TPSA) is 123 Å². The molecule has 0 unspecified atom stereocenters. The maximum atomic E-state index is 13.3. The molecule has 2 rings (SSSR count). The number of methoxy groups -OCH3 is 1. The summed E-state index contributed by atoms with van der Waals surface area (Å²) in [6.07, 6.45) is -0.219. The fourth-order valence-corrected chi connectivity index (χ4v) is 3.49. The Labute approximate surface area is 211 Å². The van der Waals surface area contributed by atoms with Crippen molar-refractivity contribution in [2.75, 3.05) is 7.11 Å². The highest BCUT2D eigenvalue weighted by Gasteiger charge is 2.29. The zero-order valence-corrected chi connectivity index (χ0v) is 21.2. The highest BCUT2D eigenvalue weighted by molar-refractivity contribution is 5.93. The summed E-state index contributed by atoms with van der Waals surface area (Å²) in [7, 11) is 1.23. The Kier molecular flexibility index (Phi) is 11.4. The molecule has 3 N–H and O–H groups in total. The van der Waals surface area contributed by atoms with Gasteiger partial charge in [-0.25, -0.2) is 9.59 Å². The van der Waals surface area contributed by atoms with Gasteiger partial charge in [-0.1, -0.05) is 74.5 Å². The molecule has 0 bridgehead atoms. The van der Waals surface area contributed by atoms with Crippen molar-refractivity contribution >= 4 is 23.9 Å². The van der Waals surface area contributed by atoms with E-state index in [1.54, 1.807) is 0 Å². The molecule has 9 heteroatoms. The number of hydrogen-bond donors (Lipinski definition) is 3. The van der Waals surface area contributed by atoms with Crippen LogP contribution < -0.4 is 16.0 Å². The van der Waals surface area contributed by atoms with E-state index in [0.29, 0.717) is 6.42 Å². The second kappa shape index (κ2) is 14.5. The zero-order valence-electron chi connectivity index (χ0n) is 21.2. The van der Waals surface area contributed by atoms with Crippen LogP contribution in [-0.2, 0) is 36.9 Å². The van der Waals surface area contributed by atoms with Crippen molar-refractivity contribution < 1.29 is 28.7 Å². The molecule has 194 valence electrons. The van der Waals surface area contributed by atoms with Crippen molar-refractivity contribution in [2.45, 2.75) is 58.3 Å². The second-order valence-corrected chi connectivity index (χ2v) is 8.89. The van der Waals surface area contributed by atoms with Crippen LogP contribution in [0.2, 0.25) is 0 Å². The van der Waals surface area contributed by atoms with Gasteiger partial charge in [0.15, 0.2) is 0 Å². The van der Waals surface area contributed by atoms with Crippen molar-refractivity contribution in [2.24, 2.45) is 5.92 Å². The fraction of sp³-hybridized carbons (Fsp3) is 0.407. The van der Waals surface area contributed by atoms with Crippen LogP contribution in [0.25, 0.3) is 0 Å². The fourth-order valence-electron chi connectivity index (χ4n) is 3.49. The molecule has 3 atom stereocenters. The monoisotopic (exact) mass is 497 g/mol. The van der Waals surface area contributed by atoms with Crippen molar-refractivity contribution in [3.8, 4) is 0 Å². The van der Waals surface area contributed by atoms with E-state index < -0.39 is 42.0 Å².